The van der Waals surface area contributed by atoms with E-state index in [0.717, 1.165) is 29.5 Å². The minimum Gasteiger partial charge on any atom is -0.335 e. The maximum absolute atomic E-state index is 13.7. The first-order valence-electron chi connectivity index (χ1n) is 10.0. The summed E-state index contributed by atoms with van der Waals surface area (Å²) in [5.74, 6) is 0.0615. The molecule has 3 heterocycles. The molecule has 1 aliphatic carbocycles. The van der Waals surface area contributed by atoms with E-state index >= 15 is 0 Å². The molecule has 148 valence electrons. The van der Waals surface area contributed by atoms with Gasteiger partial charge in [-0.3, -0.25) is 4.79 Å². The van der Waals surface area contributed by atoms with Gasteiger partial charge in [0.2, 0.25) is 0 Å². The van der Waals surface area contributed by atoms with E-state index in [0.29, 0.717) is 23.0 Å². The standard InChI is InChI=1S/C22H27N3O2S/c1-12(2)25(16-8-6-7-9-16)22(26)18-11-19(17-10-13(3)28-15(17)5)23-21-20(18)14(4)24-27-21/h10-12,16H,6-9H2,1-5H3. The second kappa shape index (κ2) is 7.32. The summed E-state index contributed by atoms with van der Waals surface area (Å²) in [7, 11) is 0. The van der Waals surface area contributed by atoms with Crippen LogP contribution < -0.4 is 0 Å². The fourth-order valence-electron chi connectivity index (χ4n) is 4.43. The maximum Gasteiger partial charge on any atom is 0.259 e. The average Bonchev–Trinajstić information content (AvgIpc) is 3.36. The number of hydrogen-bond donors (Lipinski definition) is 0. The van der Waals surface area contributed by atoms with Crippen molar-refractivity contribution in [2.24, 2.45) is 0 Å². The van der Waals surface area contributed by atoms with Crippen LogP contribution >= 0.6 is 11.3 Å². The molecule has 6 heteroatoms. The van der Waals surface area contributed by atoms with Crippen LogP contribution in [0.15, 0.2) is 16.7 Å². The molecular weight excluding hydrogens is 370 g/mol. The SMILES string of the molecule is Cc1cc(-c2cc(C(=O)N(C(C)C)C3CCCC3)c3c(C)noc3n2)c(C)s1. The lowest BCUT2D eigenvalue weighted by atomic mass is 10.0. The molecule has 0 aliphatic heterocycles. The van der Waals surface area contributed by atoms with Gasteiger partial charge >= 0.3 is 0 Å². The summed E-state index contributed by atoms with van der Waals surface area (Å²) in [5, 5.41) is 4.84. The topological polar surface area (TPSA) is 59.2 Å². The Morgan fingerprint density at radius 2 is 1.93 bits per heavy atom. The molecule has 5 nitrogen and oxygen atoms in total. The molecule has 1 saturated carbocycles. The zero-order valence-corrected chi connectivity index (χ0v) is 18.0. The predicted octanol–water partition coefficient (Wildman–Crippen LogP) is 5.67. The highest BCUT2D eigenvalue weighted by atomic mass is 32.1. The second-order valence-electron chi connectivity index (χ2n) is 8.07. The molecule has 4 rings (SSSR count). The normalized spacial score (nSPS) is 15.1. The Kier molecular flexibility index (Phi) is 5.00. The largest absolute Gasteiger partial charge is 0.335 e. The zero-order chi connectivity index (χ0) is 20.0. The number of carbonyl (C=O) groups is 1. The summed E-state index contributed by atoms with van der Waals surface area (Å²) in [6.07, 6.45) is 4.54. The lowest BCUT2D eigenvalue weighted by Gasteiger charge is -2.33. The van der Waals surface area contributed by atoms with Gasteiger partial charge in [-0.2, -0.15) is 0 Å². The number of aromatic nitrogens is 2. The highest BCUT2D eigenvalue weighted by molar-refractivity contribution is 7.12. The van der Waals surface area contributed by atoms with E-state index in [1.54, 1.807) is 11.3 Å². The number of pyridine rings is 1. The Balaban J connectivity index is 1.88. The summed E-state index contributed by atoms with van der Waals surface area (Å²) >= 11 is 1.74. The van der Waals surface area contributed by atoms with Crippen LogP contribution in [-0.4, -0.2) is 33.0 Å². The van der Waals surface area contributed by atoms with Crippen molar-refractivity contribution in [1.29, 1.82) is 0 Å². The van der Waals surface area contributed by atoms with Crippen LogP contribution in [0.3, 0.4) is 0 Å². The number of fused-ring (bicyclic) bond motifs is 1. The zero-order valence-electron chi connectivity index (χ0n) is 17.2. The van der Waals surface area contributed by atoms with Crippen molar-refractivity contribution in [1.82, 2.24) is 15.0 Å². The van der Waals surface area contributed by atoms with Crippen molar-refractivity contribution >= 4 is 28.3 Å². The van der Waals surface area contributed by atoms with E-state index in [9.17, 15) is 4.79 Å². The van der Waals surface area contributed by atoms with Crippen molar-refractivity contribution < 1.29 is 9.32 Å². The molecule has 1 aliphatic rings. The van der Waals surface area contributed by atoms with E-state index in [-0.39, 0.29) is 11.9 Å². The van der Waals surface area contributed by atoms with Gasteiger partial charge in [-0.25, -0.2) is 4.98 Å². The number of nitrogens with zero attached hydrogens (tertiary/aromatic N) is 3. The van der Waals surface area contributed by atoms with Crippen LogP contribution in [0.25, 0.3) is 22.4 Å². The predicted molar refractivity (Wildman–Crippen MR) is 113 cm³/mol. The van der Waals surface area contributed by atoms with E-state index in [2.05, 4.69) is 43.8 Å². The Hall–Kier alpha value is -2.21. The molecule has 0 bridgehead atoms. The molecule has 28 heavy (non-hydrogen) atoms. The number of amides is 1. The molecule has 0 saturated heterocycles. The molecule has 3 aromatic heterocycles. The first kappa shape index (κ1) is 19.1. The van der Waals surface area contributed by atoms with Crippen molar-refractivity contribution in [3.63, 3.8) is 0 Å². The Bertz CT molecular complexity index is 1030. The first-order valence-corrected chi connectivity index (χ1v) is 10.9. The van der Waals surface area contributed by atoms with E-state index in [1.165, 1.54) is 22.6 Å². The third-order valence-corrected chi connectivity index (χ3v) is 6.64. The summed E-state index contributed by atoms with van der Waals surface area (Å²) in [4.78, 5) is 22.9. The fourth-order valence-corrected chi connectivity index (χ4v) is 5.36. The second-order valence-corrected chi connectivity index (χ2v) is 9.54. The van der Waals surface area contributed by atoms with Crippen LogP contribution in [0, 0.1) is 20.8 Å². The summed E-state index contributed by atoms with van der Waals surface area (Å²) in [5.41, 5.74) is 3.65. The molecule has 1 fully saturated rings. The van der Waals surface area contributed by atoms with Gasteiger partial charge in [-0.05, 0) is 59.6 Å². The molecule has 1 amide bonds. The van der Waals surface area contributed by atoms with Crippen LogP contribution in [-0.2, 0) is 0 Å². The van der Waals surface area contributed by atoms with Gasteiger partial charge in [0, 0.05) is 27.4 Å². The van der Waals surface area contributed by atoms with Crippen LogP contribution in [0.1, 0.15) is 65.3 Å². The number of rotatable bonds is 4. The summed E-state index contributed by atoms with van der Waals surface area (Å²) < 4.78 is 5.49. The molecule has 0 atom stereocenters. The van der Waals surface area contributed by atoms with Gasteiger partial charge in [0.05, 0.1) is 22.3 Å². The minimum absolute atomic E-state index is 0.0615. The molecule has 0 spiro atoms. The Labute approximate surface area is 169 Å². The monoisotopic (exact) mass is 397 g/mol. The summed E-state index contributed by atoms with van der Waals surface area (Å²) in [6, 6.07) is 4.52. The maximum atomic E-state index is 13.7. The van der Waals surface area contributed by atoms with E-state index < -0.39 is 0 Å². The molecule has 0 aromatic carbocycles. The number of aryl methyl sites for hydroxylation is 3. The van der Waals surface area contributed by atoms with Gasteiger partial charge in [-0.15, -0.1) is 11.3 Å². The molecule has 3 aromatic rings. The first-order chi connectivity index (χ1) is 13.4. The molecule has 0 unspecified atom stereocenters. The molecular formula is C22H27N3O2S. The Morgan fingerprint density at radius 1 is 1.21 bits per heavy atom. The van der Waals surface area contributed by atoms with Crippen molar-refractivity contribution in [2.75, 3.05) is 0 Å². The van der Waals surface area contributed by atoms with Crippen molar-refractivity contribution in [3.8, 4) is 11.3 Å². The van der Waals surface area contributed by atoms with Crippen LogP contribution in [0.4, 0.5) is 0 Å². The van der Waals surface area contributed by atoms with Crippen molar-refractivity contribution in [3.05, 3.63) is 33.1 Å². The van der Waals surface area contributed by atoms with Gasteiger partial charge in [0.1, 0.15) is 0 Å². The van der Waals surface area contributed by atoms with E-state index in [4.69, 9.17) is 9.51 Å². The molecule has 0 N–H and O–H groups in total. The van der Waals surface area contributed by atoms with Gasteiger partial charge in [0.25, 0.3) is 11.6 Å². The summed E-state index contributed by atoms with van der Waals surface area (Å²) in [6.45, 7) is 10.2. The van der Waals surface area contributed by atoms with Crippen molar-refractivity contribution in [2.45, 2.75) is 72.4 Å². The number of thiophene rings is 1. The van der Waals surface area contributed by atoms with Gasteiger partial charge < -0.3 is 9.42 Å². The number of hydrogen-bond acceptors (Lipinski definition) is 5. The average molecular weight is 398 g/mol. The number of carbonyl (C=O) groups excluding carboxylic acids is 1. The lowest BCUT2D eigenvalue weighted by molar-refractivity contribution is 0.0615. The Morgan fingerprint density at radius 3 is 2.54 bits per heavy atom. The third kappa shape index (κ3) is 3.24. The van der Waals surface area contributed by atoms with E-state index in [1.807, 2.05) is 13.0 Å². The van der Waals surface area contributed by atoms with Crippen LogP contribution in [0.2, 0.25) is 0 Å². The minimum atomic E-state index is 0.0615. The van der Waals surface area contributed by atoms with Gasteiger partial charge in [0.15, 0.2) is 0 Å². The third-order valence-electron chi connectivity index (χ3n) is 5.67. The fraction of sp³-hybridized carbons (Fsp3) is 0.500. The van der Waals surface area contributed by atoms with Crippen LogP contribution in [0.5, 0.6) is 0 Å². The smallest absolute Gasteiger partial charge is 0.259 e. The quantitative estimate of drug-likeness (QED) is 0.569. The molecule has 0 radical (unpaired) electrons. The van der Waals surface area contributed by atoms with Gasteiger partial charge in [-0.1, -0.05) is 18.0 Å². The highest BCUT2D eigenvalue weighted by Gasteiger charge is 2.32. The lowest BCUT2D eigenvalue weighted by Crippen LogP contribution is -2.43. The highest BCUT2D eigenvalue weighted by Crippen LogP contribution is 2.34.